The van der Waals surface area contributed by atoms with Crippen LogP contribution in [0.25, 0.3) is 10.4 Å². The van der Waals surface area contributed by atoms with Gasteiger partial charge in [0.1, 0.15) is 5.01 Å². The van der Waals surface area contributed by atoms with E-state index in [-0.39, 0.29) is 0 Å². The molecule has 1 aromatic carbocycles. The number of aromatic nitrogens is 1. The molecule has 1 fully saturated rings. The summed E-state index contributed by atoms with van der Waals surface area (Å²) in [4.78, 5) is 7.97. The third kappa shape index (κ3) is 3.87. The zero-order chi connectivity index (χ0) is 16.9. The van der Waals surface area contributed by atoms with Crippen LogP contribution < -0.4 is 14.9 Å². The van der Waals surface area contributed by atoms with E-state index < -0.39 is 0 Å². The molecule has 0 atom stereocenters. The molecule has 6 nitrogen and oxygen atoms in total. The molecule has 0 amide bonds. The number of hydrazine groups is 1. The molecule has 2 aromatic rings. The highest BCUT2D eigenvalue weighted by atomic mass is 32.1. The van der Waals surface area contributed by atoms with E-state index in [1.54, 1.807) is 25.6 Å². The minimum atomic E-state index is 0.737. The number of piperazine rings is 1. The monoisotopic (exact) mass is 348 g/mol. The Bertz CT molecular complexity index is 668. The molecular formula is C17H24N4O2S. The van der Waals surface area contributed by atoms with Gasteiger partial charge in [0.05, 0.1) is 25.6 Å². The molecule has 1 aromatic heterocycles. The highest BCUT2D eigenvalue weighted by Gasteiger charge is 2.16. The minimum Gasteiger partial charge on any atom is -0.493 e. The second-order valence-electron chi connectivity index (χ2n) is 5.78. The van der Waals surface area contributed by atoms with Crippen molar-refractivity contribution in [2.75, 3.05) is 47.4 Å². The van der Waals surface area contributed by atoms with E-state index in [1.807, 2.05) is 24.4 Å². The van der Waals surface area contributed by atoms with Crippen molar-refractivity contribution in [3.63, 3.8) is 0 Å². The molecule has 1 N–H and O–H groups in total. The van der Waals surface area contributed by atoms with Gasteiger partial charge in [-0.2, -0.15) is 0 Å². The second kappa shape index (κ2) is 7.94. The van der Waals surface area contributed by atoms with Gasteiger partial charge in [0.2, 0.25) is 0 Å². The van der Waals surface area contributed by atoms with Crippen LogP contribution in [0.3, 0.4) is 0 Å². The smallest absolute Gasteiger partial charge is 0.169 e. The van der Waals surface area contributed by atoms with Crippen LogP contribution in [0.2, 0.25) is 0 Å². The summed E-state index contributed by atoms with van der Waals surface area (Å²) in [6.07, 6.45) is 1.91. The average molecular weight is 348 g/mol. The van der Waals surface area contributed by atoms with Gasteiger partial charge in [0.15, 0.2) is 11.5 Å². The van der Waals surface area contributed by atoms with Gasteiger partial charge in [0, 0.05) is 37.9 Å². The van der Waals surface area contributed by atoms with Crippen LogP contribution in [0.4, 0.5) is 0 Å². The number of nitrogens with one attached hydrogen (secondary N) is 1. The van der Waals surface area contributed by atoms with Crippen molar-refractivity contribution in [1.29, 1.82) is 0 Å². The fraction of sp³-hybridized carbons (Fsp3) is 0.471. The summed E-state index contributed by atoms with van der Waals surface area (Å²) >= 11 is 1.68. The fourth-order valence-corrected chi connectivity index (χ4v) is 3.61. The van der Waals surface area contributed by atoms with Crippen LogP contribution in [0, 0.1) is 0 Å². The summed E-state index contributed by atoms with van der Waals surface area (Å²) in [5, 5.41) is 3.33. The Morgan fingerprint density at radius 2 is 1.96 bits per heavy atom. The van der Waals surface area contributed by atoms with Gasteiger partial charge in [-0.15, -0.1) is 11.3 Å². The lowest BCUT2D eigenvalue weighted by Crippen LogP contribution is -2.50. The molecular weight excluding hydrogens is 324 g/mol. The molecule has 1 aliphatic heterocycles. The highest BCUT2D eigenvalue weighted by Crippen LogP contribution is 2.39. The maximum absolute atomic E-state index is 5.52. The van der Waals surface area contributed by atoms with Crippen molar-refractivity contribution in [1.82, 2.24) is 20.3 Å². The Morgan fingerprint density at radius 1 is 1.17 bits per heavy atom. The zero-order valence-corrected chi connectivity index (χ0v) is 15.2. The first-order valence-corrected chi connectivity index (χ1v) is 8.86. The first kappa shape index (κ1) is 17.2. The molecule has 3 rings (SSSR count). The molecule has 0 saturated carbocycles. The molecule has 0 aliphatic carbocycles. The van der Waals surface area contributed by atoms with E-state index in [1.165, 1.54) is 0 Å². The van der Waals surface area contributed by atoms with E-state index in [9.17, 15) is 0 Å². The van der Waals surface area contributed by atoms with E-state index in [0.717, 1.165) is 59.7 Å². The van der Waals surface area contributed by atoms with Crippen LogP contribution in [0.1, 0.15) is 5.01 Å². The minimum absolute atomic E-state index is 0.737. The summed E-state index contributed by atoms with van der Waals surface area (Å²) in [5.74, 6) is 1.49. The van der Waals surface area contributed by atoms with Crippen LogP contribution in [-0.2, 0) is 6.54 Å². The van der Waals surface area contributed by atoms with Crippen LogP contribution in [0.15, 0.2) is 24.4 Å². The first-order chi connectivity index (χ1) is 11.7. The van der Waals surface area contributed by atoms with Crippen LogP contribution >= 0.6 is 11.3 Å². The topological polar surface area (TPSA) is 49.9 Å². The highest BCUT2D eigenvalue weighted by molar-refractivity contribution is 7.15. The third-order valence-electron chi connectivity index (χ3n) is 4.18. The number of likely N-dealkylation sites (N-methyl/N-ethyl adjacent to an activating group) is 1. The number of hydrogen-bond donors (Lipinski definition) is 1. The molecule has 2 heterocycles. The molecule has 24 heavy (non-hydrogen) atoms. The molecule has 0 unspecified atom stereocenters. The summed E-state index contributed by atoms with van der Waals surface area (Å²) < 4.78 is 10.9. The molecule has 0 radical (unpaired) electrons. The average Bonchev–Trinajstić information content (AvgIpc) is 3.09. The van der Waals surface area contributed by atoms with Crippen molar-refractivity contribution < 1.29 is 9.47 Å². The van der Waals surface area contributed by atoms with Crippen LogP contribution in [0.5, 0.6) is 11.5 Å². The van der Waals surface area contributed by atoms with Crippen LogP contribution in [-0.4, -0.2) is 62.3 Å². The van der Waals surface area contributed by atoms with Crippen molar-refractivity contribution >= 4 is 11.3 Å². The number of para-hydroxylation sites is 1. The van der Waals surface area contributed by atoms with E-state index >= 15 is 0 Å². The first-order valence-electron chi connectivity index (χ1n) is 8.04. The summed E-state index contributed by atoms with van der Waals surface area (Å²) in [6, 6.07) is 5.91. The number of ether oxygens (including phenoxy) is 2. The lowest BCUT2D eigenvalue weighted by molar-refractivity contribution is 0.102. The third-order valence-corrected chi connectivity index (χ3v) is 5.21. The predicted octanol–water partition coefficient (Wildman–Crippen LogP) is 2.08. The Hall–Kier alpha value is -1.67. The van der Waals surface area contributed by atoms with Gasteiger partial charge >= 0.3 is 0 Å². The molecule has 130 valence electrons. The molecule has 0 bridgehead atoms. The standard InChI is InChI=1S/C17H24N4O2S/c1-20-7-9-21(10-8-20)19-12-16-18-11-15(24-16)13-5-4-6-14(22-2)17(13)23-3/h4-6,11,19H,7-10,12H2,1-3H3. The normalized spacial score (nSPS) is 16.3. The molecule has 0 spiro atoms. The summed E-state index contributed by atoms with van der Waals surface area (Å²) in [6.45, 7) is 5.02. The molecule has 1 aliphatic rings. The van der Waals surface area contributed by atoms with Gasteiger partial charge in [-0.05, 0) is 19.2 Å². The SMILES string of the molecule is COc1cccc(-c2cnc(CNN3CCN(C)CC3)s2)c1OC. The Morgan fingerprint density at radius 3 is 2.67 bits per heavy atom. The fourth-order valence-electron chi connectivity index (χ4n) is 2.74. The van der Waals surface area contributed by atoms with Gasteiger partial charge in [-0.3, -0.25) is 0 Å². The Kier molecular flexibility index (Phi) is 5.68. The van der Waals surface area contributed by atoms with Crippen molar-refractivity contribution in [2.24, 2.45) is 0 Å². The maximum atomic E-state index is 5.52. The Labute approximate surface area is 147 Å². The predicted molar refractivity (Wildman–Crippen MR) is 96.6 cm³/mol. The van der Waals surface area contributed by atoms with Crippen molar-refractivity contribution in [3.8, 4) is 21.9 Å². The van der Waals surface area contributed by atoms with E-state index in [4.69, 9.17) is 9.47 Å². The maximum Gasteiger partial charge on any atom is 0.169 e. The largest absolute Gasteiger partial charge is 0.493 e. The summed E-state index contributed by atoms with van der Waals surface area (Å²) in [5.41, 5.74) is 4.49. The van der Waals surface area contributed by atoms with Gasteiger partial charge in [-0.25, -0.2) is 15.4 Å². The lowest BCUT2D eigenvalue weighted by atomic mass is 10.1. The second-order valence-corrected chi connectivity index (χ2v) is 6.90. The number of thiazole rings is 1. The number of rotatable bonds is 6. The molecule has 1 saturated heterocycles. The van der Waals surface area contributed by atoms with E-state index in [2.05, 4.69) is 27.4 Å². The van der Waals surface area contributed by atoms with Gasteiger partial charge in [0.25, 0.3) is 0 Å². The van der Waals surface area contributed by atoms with Crippen molar-refractivity contribution in [3.05, 3.63) is 29.4 Å². The quantitative estimate of drug-likeness (QED) is 0.863. The van der Waals surface area contributed by atoms with E-state index in [0.29, 0.717) is 0 Å². The van der Waals surface area contributed by atoms with Crippen molar-refractivity contribution in [2.45, 2.75) is 6.54 Å². The Balaban J connectivity index is 1.67. The number of benzene rings is 1. The number of hydrogen-bond acceptors (Lipinski definition) is 7. The van der Waals surface area contributed by atoms with Gasteiger partial charge in [-0.1, -0.05) is 6.07 Å². The molecule has 7 heteroatoms. The summed E-state index contributed by atoms with van der Waals surface area (Å²) in [7, 11) is 5.48. The lowest BCUT2D eigenvalue weighted by Gasteiger charge is -2.32. The number of methoxy groups -OCH3 is 2. The van der Waals surface area contributed by atoms with Gasteiger partial charge < -0.3 is 14.4 Å². The number of nitrogens with zero attached hydrogens (tertiary/aromatic N) is 3. The zero-order valence-electron chi connectivity index (χ0n) is 14.4.